The van der Waals surface area contributed by atoms with Gasteiger partial charge < -0.3 is 4.90 Å². The van der Waals surface area contributed by atoms with Crippen LogP contribution < -0.4 is 4.90 Å². The fraction of sp³-hybridized carbons (Fsp3) is 0.500. The average molecular weight is 400 g/mol. The minimum absolute atomic E-state index is 0.313. The van der Waals surface area contributed by atoms with Gasteiger partial charge in [-0.3, -0.25) is 0 Å². The molecule has 0 spiro atoms. The minimum atomic E-state index is -3.41. The molecule has 0 unspecified atom stereocenters. The van der Waals surface area contributed by atoms with Gasteiger partial charge >= 0.3 is 0 Å². The number of anilines is 1. The summed E-state index contributed by atoms with van der Waals surface area (Å²) in [4.78, 5) is 7.08. The molecule has 2 aliphatic rings. The molecule has 5 nitrogen and oxygen atoms in total. The maximum Gasteiger partial charge on any atom is 0.244 e. The number of hydrogen-bond acceptors (Lipinski definition) is 4. The van der Waals surface area contributed by atoms with Crippen molar-refractivity contribution in [3.8, 4) is 0 Å². The summed E-state index contributed by atoms with van der Waals surface area (Å²) in [5, 5.41) is 0. The van der Waals surface area contributed by atoms with Crippen LogP contribution in [0.5, 0.6) is 0 Å². The standard InChI is InChI=1S/C22H29N3O2S/c1-18-7-3-4-8-21(18)19-11-15-24(16-12-19)22-10-9-20(17-23-22)28(26,27)25-13-5-2-6-14-25/h3-4,7-10,17,19H,2,5-6,11-16H2,1H3. The van der Waals surface area contributed by atoms with Crippen molar-refractivity contribution in [2.75, 3.05) is 31.1 Å². The van der Waals surface area contributed by atoms with E-state index >= 15 is 0 Å². The van der Waals surface area contributed by atoms with Gasteiger partial charge in [-0.15, -0.1) is 0 Å². The lowest BCUT2D eigenvalue weighted by Gasteiger charge is -2.33. The SMILES string of the molecule is Cc1ccccc1C1CCN(c2ccc(S(=O)(=O)N3CCCCC3)cn2)CC1. The van der Waals surface area contributed by atoms with Crippen molar-refractivity contribution in [3.63, 3.8) is 0 Å². The topological polar surface area (TPSA) is 53.5 Å². The van der Waals surface area contributed by atoms with Gasteiger partial charge in [0.2, 0.25) is 10.0 Å². The highest BCUT2D eigenvalue weighted by Crippen LogP contribution is 2.32. The van der Waals surface area contributed by atoms with Crippen molar-refractivity contribution in [2.24, 2.45) is 0 Å². The van der Waals surface area contributed by atoms with Crippen molar-refractivity contribution in [1.82, 2.24) is 9.29 Å². The van der Waals surface area contributed by atoms with Gasteiger partial charge in [0, 0.05) is 32.4 Å². The third-order valence-electron chi connectivity index (χ3n) is 6.12. The number of benzene rings is 1. The zero-order valence-corrected chi connectivity index (χ0v) is 17.4. The second kappa shape index (κ2) is 8.21. The molecule has 1 aromatic heterocycles. The van der Waals surface area contributed by atoms with E-state index in [-0.39, 0.29) is 0 Å². The Morgan fingerprint density at radius 3 is 2.29 bits per heavy atom. The highest BCUT2D eigenvalue weighted by atomic mass is 32.2. The zero-order chi connectivity index (χ0) is 19.6. The lowest BCUT2D eigenvalue weighted by Crippen LogP contribution is -2.36. The van der Waals surface area contributed by atoms with Crippen LogP contribution in [-0.2, 0) is 10.0 Å². The van der Waals surface area contributed by atoms with E-state index in [4.69, 9.17) is 0 Å². The second-order valence-corrected chi connectivity index (χ2v) is 9.87. The molecule has 2 aliphatic heterocycles. The van der Waals surface area contributed by atoms with Crippen molar-refractivity contribution < 1.29 is 8.42 Å². The molecule has 2 fully saturated rings. The summed E-state index contributed by atoms with van der Waals surface area (Å²) in [5.74, 6) is 1.47. The molecule has 2 aromatic rings. The molecule has 1 aromatic carbocycles. The van der Waals surface area contributed by atoms with Gasteiger partial charge in [-0.2, -0.15) is 4.31 Å². The largest absolute Gasteiger partial charge is 0.357 e. The lowest BCUT2D eigenvalue weighted by molar-refractivity contribution is 0.346. The number of nitrogens with zero attached hydrogens (tertiary/aromatic N) is 3. The summed E-state index contributed by atoms with van der Waals surface area (Å²) in [6.07, 6.45) is 6.73. The van der Waals surface area contributed by atoms with E-state index in [2.05, 4.69) is 41.1 Å². The predicted octanol–water partition coefficient (Wildman–Crippen LogP) is 3.95. The van der Waals surface area contributed by atoms with Crippen LogP contribution in [0.2, 0.25) is 0 Å². The predicted molar refractivity (Wildman–Crippen MR) is 112 cm³/mol. The summed E-state index contributed by atoms with van der Waals surface area (Å²) in [6.45, 7) is 5.33. The maximum atomic E-state index is 12.8. The van der Waals surface area contributed by atoms with Gasteiger partial charge in [0.05, 0.1) is 0 Å². The van der Waals surface area contributed by atoms with E-state index in [0.29, 0.717) is 23.9 Å². The molecule has 6 heteroatoms. The first kappa shape index (κ1) is 19.4. The molecule has 0 saturated carbocycles. The van der Waals surface area contributed by atoms with Crippen molar-refractivity contribution in [3.05, 3.63) is 53.7 Å². The van der Waals surface area contributed by atoms with Crippen LogP contribution in [0.15, 0.2) is 47.5 Å². The number of pyridine rings is 1. The van der Waals surface area contributed by atoms with Crippen LogP contribution in [0.4, 0.5) is 5.82 Å². The molecule has 0 amide bonds. The van der Waals surface area contributed by atoms with Crippen LogP contribution in [0.25, 0.3) is 0 Å². The van der Waals surface area contributed by atoms with Crippen molar-refractivity contribution >= 4 is 15.8 Å². The van der Waals surface area contributed by atoms with Gasteiger partial charge in [0.1, 0.15) is 10.7 Å². The van der Waals surface area contributed by atoms with Gasteiger partial charge in [-0.1, -0.05) is 30.7 Å². The van der Waals surface area contributed by atoms with Gasteiger partial charge in [-0.25, -0.2) is 13.4 Å². The summed E-state index contributed by atoms with van der Waals surface area (Å²) >= 11 is 0. The number of aromatic nitrogens is 1. The summed E-state index contributed by atoms with van der Waals surface area (Å²) in [7, 11) is -3.41. The fourth-order valence-corrected chi connectivity index (χ4v) is 5.89. The molecule has 0 atom stereocenters. The highest BCUT2D eigenvalue weighted by Gasteiger charge is 2.27. The van der Waals surface area contributed by atoms with E-state index in [0.717, 1.165) is 51.0 Å². The van der Waals surface area contributed by atoms with Crippen molar-refractivity contribution in [2.45, 2.75) is 49.8 Å². The van der Waals surface area contributed by atoms with E-state index < -0.39 is 10.0 Å². The van der Waals surface area contributed by atoms with E-state index in [1.165, 1.54) is 17.3 Å². The summed E-state index contributed by atoms with van der Waals surface area (Å²) in [5.41, 5.74) is 2.82. The number of rotatable bonds is 4. The number of hydrogen-bond donors (Lipinski definition) is 0. The molecule has 28 heavy (non-hydrogen) atoms. The Kier molecular flexibility index (Phi) is 5.69. The Morgan fingerprint density at radius 1 is 0.929 bits per heavy atom. The Labute approximate surface area is 168 Å². The van der Waals surface area contributed by atoms with E-state index in [1.54, 1.807) is 10.4 Å². The molecule has 150 valence electrons. The van der Waals surface area contributed by atoms with Crippen molar-refractivity contribution in [1.29, 1.82) is 0 Å². The quantitative estimate of drug-likeness (QED) is 0.781. The molecule has 0 N–H and O–H groups in total. The lowest BCUT2D eigenvalue weighted by atomic mass is 9.87. The Balaban J connectivity index is 1.42. The van der Waals surface area contributed by atoms with E-state index in [9.17, 15) is 8.42 Å². The first-order valence-corrected chi connectivity index (χ1v) is 11.8. The van der Waals surface area contributed by atoms with Crippen LogP contribution in [0, 0.1) is 6.92 Å². The highest BCUT2D eigenvalue weighted by molar-refractivity contribution is 7.89. The average Bonchev–Trinajstić information content (AvgIpc) is 2.75. The molecule has 0 bridgehead atoms. The van der Waals surface area contributed by atoms with Gasteiger partial charge in [-0.05, 0) is 61.8 Å². The van der Waals surface area contributed by atoms with Gasteiger partial charge in [0.15, 0.2) is 0 Å². The van der Waals surface area contributed by atoms with Crippen LogP contribution >= 0.6 is 0 Å². The van der Waals surface area contributed by atoms with Crippen LogP contribution in [0.3, 0.4) is 0 Å². The van der Waals surface area contributed by atoms with E-state index in [1.807, 2.05) is 6.07 Å². The monoisotopic (exact) mass is 399 g/mol. The molecular formula is C22H29N3O2S. The van der Waals surface area contributed by atoms with Crippen LogP contribution in [-0.4, -0.2) is 43.9 Å². The molecule has 4 rings (SSSR count). The number of aryl methyl sites for hydroxylation is 1. The fourth-order valence-electron chi connectivity index (χ4n) is 4.43. The summed E-state index contributed by atoms with van der Waals surface area (Å²) < 4.78 is 27.2. The maximum absolute atomic E-state index is 12.8. The van der Waals surface area contributed by atoms with Gasteiger partial charge in [0.25, 0.3) is 0 Å². The third kappa shape index (κ3) is 3.94. The molecule has 0 radical (unpaired) electrons. The third-order valence-corrected chi connectivity index (χ3v) is 8.00. The Bertz CT molecular complexity index is 898. The first-order chi connectivity index (χ1) is 13.6. The second-order valence-electron chi connectivity index (χ2n) is 7.93. The zero-order valence-electron chi connectivity index (χ0n) is 16.5. The molecule has 0 aliphatic carbocycles. The summed E-state index contributed by atoms with van der Waals surface area (Å²) in [6, 6.07) is 12.2. The Morgan fingerprint density at radius 2 is 1.64 bits per heavy atom. The normalized spacial score (nSPS) is 19.7. The molecule has 3 heterocycles. The molecule has 2 saturated heterocycles. The smallest absolute Gasteiger partial charge is 0.244 e. The Hall–Kier alpha value is -1.92. The molecular weight excluding hydrogens is 370 g/mol. The van der Waals surface area contributed by atoms with Crippen LogP contribution in [0.1, 0.15) is 49.1 Å². The minimum Gasteiger partial charge on any atom is -0.357 e. The number of piperidine rings is 2. The first-order valence-electron chi connectivity index (χ1n) is 10.3. The number of sulfonamides is 1.